The van der Waals surface area contributed by atoms with E-state index in [2.05, 4.69) is 15.6 Å². The van der Waals surface area contributed by atoms with E-state index in [9.17, 15) is 4.79 Å². The van der Waals surface area contributed by atoms with Crippen LogP contribution in [0.2, 0.25) is 0 Å². The molecule has 2 heterocycles. The second-order valence-corrected chi connectivity index (χ2v) is 4.98. The smallest absolute Gasteiger partial charge is 0.369 e. The number of nitrogens with zero attached hydrogens (tertiary/aromatic N) is 5. The van der Waals surface area contributed by atoms with Crippen molar-refractivity contribution in [3.8, 4) is 17.5 Å². The predicted molar refractivity (Wildman–Crippen MR) is 83.3 cm³/mol. The van der Waals surface area contributed by atoms with Gasteiger partial charge >= 0.3 is 11.6 Å². The van der Waals surface area contributed by atoms with E-state index in [1.54, 1.807) is 25.1 Å². The fraction of sp³-hybridized carbons (Fsp3) is 0.333. The summed E-state index contributed by atoms with van der Waals surface area (Å²) in [5.74, 6) is 0.929. The number of aryl methyl sites for hydroxylation is 2. The molecule has 0 N–H and O–H groups in total. The highest BCUT2D eigenvalue weighted by Gasteiger charge is 2.23. The molecule has 9 nitrogen and oxygen atoms in total. The Balaban J connectivity index is 1.94. The van der Waals surface area contributed by atoms with Crippen molar-refractivity contribution >= 4 is 0 Å². The standard InChI is InChI=1S/C15H17N5O4/c1-4-22-14-11(9-23-12-8-6-5-7-10(12)2)13(16-24-14)20-15(21)19(3)17-18-20/h5-8H,4,9H2,1-3H3/i5T. The van der Waals surface area contributed by atoms with Crippen molar-refractivity contribution in [2.45, 2.75) is 20.5 Å². The van der Waals surface area contributed by atoms with E-state index in [-0.39, 0.29) is 18.4 Å². The van der Waals surface area contributed by atoms with E-state index in [1.807, 2.05) is 6.92 Å². The number of para-hydroxylation sites is 1. The topological polar surface area (TPSA) is 97.2 Å². The molecule has 2 aromatic heterocycles. The van der Waals surface area contributed by atoms with Gasteiger partial charge < -0.3 is 14.0 Å². The lowest BCUT2D eigenvalue weighted by Crippen LogP contribution is -2.23. The predicted octanol–water partition coefficient (Wildman–Crippen LogP) is 1.24. The monoisotopic (exact) mass is 333 g/mol. The largest absolute Gasteiger partial charge is 0.488 e. The molecule has 0 atom stereocenters. The molecule has 0 aliphatic rings. The molecule has 9 heteroatoms. The van der Waals surface area contributed by atoms with Crippen molar-refractivity contribution in [2.75, 3.05) is 6.61 Å². The number of rotatable bonds is 6. The molecule has 0 fully saturated rings. The van der Waals surface area contributed by atoms with Gasteiger partial charge in [0, 0.05) is 7.05 Å². The van der Waals surface area contributed by atoms with Gasteiger partial charge in [-0.25, -0.2) is 4.79 Å². The third-order valence-corrected chi connectivity index (χ3v) is 3.32. The molecule has 24 heavy (non-hydrogen) atoms. The lowest BCUT2D eigenvalue weighted by molar-refractivity contribution is 0.214. The van der Waals surface area contributed by atoms with E-state index < -0.39 is 5.69 Å². The van der Waals surface area contributed by atoms with Crippen LogP contribution in [0.5, 0.6) is 11.7 Å². The summed E-state index contributed by atoms with van der Waals surface area (Å²) in [6.07, 6.45) is 0. The van der Waals surface area contributed by atoms with Crippen molar-refractivity contribution in [3.05, 3.63) is 45.9 Å². The van der Waals surface area contributed by atoms with Crippen LogP contribution in [0.15, 0.2) is 33.6 Å². The molecule has 3 rings (SSSR count). The van der Waals surface area contributed by atoms with E-state index in [4.69, 9.17) is 15.4 Å². The van der Waals surface area contributed by atoms with Crippen molar-refractivity contribution < 1.29 is 15.4 Å². The first-order valence-electron chi connectivity index (χ1n) is 7.82. The normalized spacial score (nSPS) is 11.4. The maximum absolute atomic E-state index is 12.1. The van der Waals surface area contributed by atoms with Gasteiger partial charge in [0.25, 0.3) is 0 Å². The molecule has 0 radical (unpaired) electrons. The Bertz CT molecular complexity index is 946. The van der Waals surface area contributed by atoms with Gasteiger partial charge in [-0.1, -0.05) is 23.3 Å². The number of benzene rings is 1. The quantitative estimate of drug-likeness (QED) is 0.669. The number of tetrazole rings is 1. The first-order valence-corrected chi connectivity index (χ1v) is 7.32. The van der Waals surface area contributed by atoms with E-state index in [0.29, 0.717) is 24.0 Å². The summed E-state index contributed by atoms with van der Waals surface area (Å²) in [4.78, 5) is 12.1. The average molecular weight is 333 g/mol. The van der Waals surface area contributed by atoms with Crippen LogP contribution in [0, 0.1) is 6.92 Å². The first-order chi connectivity index (χ1) is 12.0. The zero-order valence-corrected chi connectivity index (χ0v) is 13.5. The Morgan fingerprint density at radius 3 is 2.83 bits per heavy atom. The van der Waals surface area contributed by atoms with Gasteiger partial charge in [0.15, 0.2) is 0 Å². The van der Waals surface area contributed by atoms with Crippen LogP contribution >= 0.6 is 0 Å². The molecular formula is C15H17N5O4. The summed E-state index contributed by atoms with van der Waals surface area (Å²) >= 11 is 0. The molecular weight excluding hydrogens is 314 g/mol. The van der Waals surface area contributed by atoms with Crippen LogP contribution in [-0.4, -0.2) is 31.6 Å². The van der Waals surface area contributed by atoms with Crippen LogP contribution < -0.4 is 15.2 Å². The molecule has 0 saturated carbocycles. The van der Waals surface area contributed by atoms with Gasteiger partial charge in [0.2, 0.25) is 5.82 Å². The van der Waals surface area contributed by atoms with Gasteiger partial charge in [-0.15, -0.1) is 4.68 Å². The number of hydrogen-bond donors (Lipinski definition) is 0. The summed E-state index contributed by atoms with van der Waals surface area (Å²) < 4.78 is 26.1. The SMILES string of the molecule is [3H]c1ccc(OCc2c(-n3nnn(C)c3=O)noc2OCC)c(C)c1. The van der Waals surface area contributed by atoms with Crippen molar-refractivity contribution in [1.82, 2.24) is 24.9 Å². The first kappa shape index (κ1) is 14.5. The Labute approximate surface area is 138 Å². The second kappa shape index (κ2) is 6.57. The Morgan fingerprint density at radius 2 is 2.17 bits per heavy atom. The summed E-state index contributed by atoms with van der Waals surface area (Å²) in [7, 11) is 1.48. The van der Waals surface area contributed by atoms with E-state index >= 15 is 0 Å². The lowest BCUT2D eigenvalue weighted by Gasteiger charge is -2.09. The highest BCUT2D eigenvalue weighted by atomic mass is 16.6. The third-order valence-electron chi connectivity index (χ3n) is 3.32. The highest BCUT2D eigenvalue weighted by molar-refractivity contribution is 5.39. The minimum Gasteiger partial charge on any atom is -0.488 e. The highest BCUT2D eigenvalue weighted by Crippen LogP contribution is 2.27. The van der Waals surface area contributed by atoms with Gasteiger partial charge in [0.05, 0.1) is 7.98 Å². The zero-order valence-electron chi connectivity index (χ0n) is 14.5. The Morgan fingerprint density at radius 1 is 1.33 bits per heavy atom. The minimum absolute atomic E-state index is 0.0510. The Kier molecular flexibility index (Phi) is 3.96. The van der Waals surface area contributed by atoms with Gasteiger partial charge in [-0.05, 0) is 35.9 Å². The molecule has 1 aromatic carbocycles. The number of ether oxygens (including phenoxy) is 2. The van der Waals surface area contributed by atoms with E-state index in [1.165, 1.54) is 7.05 Å². The molecule has 0 aliphatic heterocycles. The van der Waals surface area contributed by atoms with Crippen LogP contribution in [0.4, 0.5) is 0 Å². The molecule has 0 amide bonds. The van der Waals surface area contributed by atoms with Gasteiger partial charge in [0.1, 0.15) is 17.9 Å². The number of aromatic nitrogens is 5. The van der Waals surface area contributed by atoms with Crippen LogP contribution in [0.1, 0.15) is 19.4 Å². The lowest BCUT2D eigenvalue weighted by atomic mass is 10.2. The molecule has 126 valence electrons. The average Bonchev–Trinajstić information content (AvgIpc) is 3.11. The maximum Gasteiger partial charge on any atom is 0.369 e. The van der Waals surface area contributed by atoms with Crippen molar-refractivity contribution in [2.24, 2.45) is 7.05 Å². The van der Waals surface area contributed by atoms with Crippen molar-refractivity contribution in [3.63, 3.8) is 0 Å². The van der Waals surface area contributed by atoms with Gasteiger partial charge in [-0.2, -0.15) is 4.68 Å². The summed E-state index contributed by atoms with van der Waals surface area (Å²) in [6.45, 7) is 4.07. The molecule has 0 unspecified atom stereocenters. The van der Waals surface area contributed by atoms with Crippen LogP contribution in [-0.2, 0) is 13.7 Å². The third kappa shape index (κ3) is 2.87. The molecule has 0 aliphatic carbocycles. The molecule has 3 aromatic rings. The molecule has 0 saturated heterocycles. The van der Waals surface area contributed by atoms with Crippen LogP contribution in [0.3, 0.4) is 0 Å². The summed E-state index contributed by atoms with van der Waals surface area (Å²) in [5, 5.41) is 11.3. The van der Waals surface area contributed by atoms with Crippen LogP contribution in [0.25, 0.3) is 5.82 Å². The molecule has 0 spiro atoms. The zero-order chi connectivity index (χ0) is 18.0. The molecule has 0 bridgehead atoms. The van der Waals surface area contributed by atoms with Gasteiger partial charge in [-0.3, -0.25) is 0 Å². The van der Waals surface area contributed by atoms with E-state index in [0.717, 1.165) is 14.9 Å². The Hall–Kier alpha value is -3.10. The summed E-state index contributed by atoms with van der Waals surface area (Å²) in [5.41, 5.74) is 0.797. The second-order valence-electron chi connectivity index (χ2n) is 4.98. The minimum atomic E-state index is -0.465. The summed E-state index contributed by atoms with van der Waals surface area (Å²) in [6, 6.07) is 5.44. The fourth-order valence-corrected chi connectivity index (χ4v) is 2.08. The maximum atomic E-state index is 12.1. The fourth-order valence-electron chi connectivity index (χ4n) is 2.08. The van der Waals surface area contributed by atoms with Crippen molar-refractivity contribution in [1.29, 1.82) is 0 Å². The number of hydrogen-bond acceptors (Lipinski definition) is 7.